The summed E-state index contributed by atoms with van der Waals surface area (Å²) in [5.74, 6) is 0. The molecule has 1 heterocycles. The van der Waals surface area contributed by atoms with E-state index in [-0.39, 0.29) is 10.6 Å². The Hall–Kier alpha value is -2.10. The molecule has 16 heavy (non-hydrogen) atoms. The number of hydrogen-bond donors (Lipinski definition) is 1. The predicted octanol–water partition coefficient (Wildman–Crippen LogP) is 3.11. The maximum absolute atomic E-state index is 10.6. The fraction of sp³-hybridized carbons (Fsp3) is 0.167. The average Bonchev–Trinajstić information content (AvgIpc) is 2.56. The molecule has 4 heteroatoms. The Kier molecular flexibility index (Phi) is 2.48. The summed E-state index contributed by atoms with van der Waals surface area (Å²) in [5.41, 5.74) is 2.98. The second-order valence-electron chi connectivity index (χ2n) is 3.75. The van der Waals surface area contributed by atoms with E-state index in [1.165, 1.54) is 6.92 Å². The minimum absolute atomic E-state index is 0.134. The van der Waals surface area contributed by atoms with E-state index < -0.39 is 0 Å². The van der Waals surface area contributed by atoms with Crippen LogP contribution in [0.25, 0.3) is 17.0 Å². The number of fused-ring (bicyclic) bond motifs is 1. The van der Waals surface area contributed by atoms with Gasteiger partial charge in [0.25, 0.3) is 0 Å². The van der Waals surface area contributed by atoms with Gasteiger partial charge in [0.15, 0.2) is 0 Å². The van der Waals surface area contributed by atoms with Crippen LogP contribution in [0.4, 0.5) is 0 Å². The standard InChI is InChI=1S/C12H12N2O2/c1-8(14(15)16)7-12-9(2)10-5-3-4-6-11(10)13-12/h3-7,13H,1-2H3/b8-7+. The number of nitro groups is 1. The van der Waals surface area contributed by atoms with Crippen molar-refractivity contribution in [2.24, 2.45) is 0 Å². The molecule has 2 aromatic rings. The van der Waals surface area contributed by atoms with Crippen molar-refractivity contribution in [3.05, 3.63) is 51.3 Å². The molecule has 1 N–H and O–H groups in total. The van der Waals surface area contributed by atoms with Gasteiger partial charge in [-0.25, -0.2) is 0 Å². The van der Waals surface area contributed by atoms with Gasteiger partial charge in [-0.1, -0.05) is 18.2 Å². The van der Waals surface area contributed by atoms with E-state index >= 15 is 0 Å². The molecule has 0 spiro atoms. The number of benzene rings is 1. The van der Waals surface area contributed by atoms with Gasteiger partial charge in [0.1, 0.15) is 0 Å². The third-order valence-corrected chi connectivity index (χ3v) is 2.65. The van der Waals surface area contributed by atoms with Gasteiger partial charge in [0.2, 0.25) is 5.70 Å². The van der Waals surface area contributed by atoms with Gasteiger partial charge in [-0.3, -0.25) is 10.1 Å². The second kappa shape index (κ2) is 3.81. The molecule has 1 aromatic heterocycles. The first-order valence-electron chi connectivity index (χ1n) is 4.99. The van der Waals surface area contributed by atoms with E-state index in [2.05, 4.69) is 4.98 Å². The second-order valence-corrected chi connectivity index (χ2v) is 3.75. The first-order valence-corrected chi connectivity index (χ1v) is 4.99. The molecule has 4 nitrogen and oxygen atoms in total. The van der Waals surface area contributed by atoms with Crippen molar-refractivity contribution >= 4 is 17.0 Å². The Morgan fingerprint density at radius 1 is 1.44 bits per heavy atom. The topological polar surface area (TPSA) is 58.9 Å². The van der Waals surface area contributed by atoms with Crippen LogP contribution < -0.4 is 0 Å². The van der Waals surface area contributed by atoms with Crippen LogP contribution >= 0.6 is 0 Å². The predicted molar refractivity (Wildman–Crippen MR) is 63.7 cm³/mol. The summed E-state index contributed by atoms with van der Waals surface area (Å²) in [6.07, 6.45) is 1.56. The number of aryl methyl sites for hydroxylation is 1. The lowest BCUT2D eigenvalue weighted by molar-refractivity contribution is -0.422. The first kappa shape index (κ1) is 10.4. The molecular weight excluding hydrogens is 204 g/mol. The molecule has 2 rings (SSSR count). The number of aromatic nitrogens is 1. The highest BCUT2D eigenvalue weighted by atomic mass is 16.6. The Morgan fingerprint density at radius 2 is 2.12 bits per heavy atom. The van der Waals surface area contributed by atoms with Crippen LogP contribution in [0.3, 0.4) is 0 Å². The SMILES string of the molecule is C/C(=C\c1[nH]c2ccccc2c1C)[N+](=O)[O-]. The normalized spacial score (nSPS) is 12.0. The molecule has 1 aromatic carbocycles. The number of H-pyrrole nitrogens is 1. The molecule has 0 atom stereocenters. The minimum atomic E-state index is -0.384. The number of allylic oxidation sites excluding steroid dienone is 1. The van der Waals surface area contributed by atoms with Crippen molar-refractivity contribution in [1.29, 1.82) is 0 Å². The highest BCUT2D eigenvalue weighted by molar-refractivity contribution is 5.86. The van der Waals surface area contributed by atoms with Crippen LogP contribution in [0.5, 0.6) is 0 Å². The van der Waals surface area contributed by atoms with Crippen LogP contribution in [-0.4, -0.2) is 9.91 Å². The maximum atomic E-state index is 10.6. The number of rotatable bonds is 2. The van der Waals surface area contributed by atoms with Gasteiger partial charge < -0.3 is 4.98 Å². The maximum Gasteiger partial charge on any atom is 0.245 e. The van der Waals surface area contributed by atoms with Gasteiger partial charge in [-0.15, -0.1) is 0 Å². The zero-order valence-corrected chi connectivity index (χ0v) is 9.15. The van der Waals surface area contributed by atoms with Crippen molar-refractivity contribution in [2.75, 3.05) is 0 Å². The monoisotopic (exact) mass is 216 g/mol. The molecule has 0 aliphatic heterocycles. The lowest BCUT2D eigenvalue weighted by Crippen LogP contribution is -1.93. The highest BCUT2D eigenvalue weighted by Gasteiger charge is 2.08. The Labute approximate surface area is 92.7 Å². The van der Waals surface area contributed by atoms with E-state index in [0.717, 1.165) is 22.2 Å². The fourth-order valence-corrected chi connectivity index (χ4v) is 1.71. The smallest absolute Gasteiger partial charge is 0.245 e. The molecule has 0 saturated carbocycles. The van der Waals surface area contributed by atoms with Crippen molar-refractivity contribution in [3.8, 4) is 0 Å². The zero-order chi connectivity index (χ0) is 11.7. The summed E-state index contributed by atoms with van der Waals surface area (Å²) in [5, 5.41) is 11.7. The van der Waals surface area contributed by atoms with Crippen LogP contribution in [0, 0.1) is 17.0 Å². The van der Waals surface area contributed by atoms with Gasteiger partial charge >= 0.3 is 0 Å². The van der Waals surface area contributed by atoms with Crippen LogP contribution in [0.1, 0.15) is 18.2 Å². The number of hydrogen-bond acceptors (Lipinski definition) is 2. The number of nitrogens with one attached hydrogen (secondary N) is 1. The van der Waals surface area contributed by atoms with Gasteiger partial charge in [0, 0.05) is 29.6 Å². The van der Waals surface area contributed by atoms with Gasteiger partial charge in [-0.05, 0) is 18.6 Å². The number of nitrogens with zero attached hydrogens (tertiary/aromatic N) is 1. The van der Waals surface area contributed by atoms with E-state index in [4.69, 9.17) is 0 Å². The summed E-state index contributed by atoms with van der Waals surface area (Å²) in [7, 11) is 0. The average molecular weight is 216 g/mol. The lowest BCUT2D eigenvalue weighted by atomic mass is 10.1. The summed E-state index contributed by atoms with van der Waals surface area (Å²) in [4.78, 5) is 13.3. The highest BCUT2D eigenvalue weighted by Crippen LogP contribution is 2.22. The first-order chi connectivity index (χ1) is 7.59. The molecule has 0 fully saturated rings. The van der Waals surface area contributed by atoms with Crippen molar-refractivity contribution in [1.82, 2.24) is 4.98 Å². The molecule has 82 valence electrons. The molecule has 0 aliphatic rings. The molecule has 0 amide bonds. The van der Waals surface area contributed by atoms with Crippen LogP contribution in [0.2, 0.25) is 0 Å². The van der Waals surface area contributed by atoms with Gasteiger partial charge in [-0.2, -0.15) is 0 Å². The molecular formula is C12H12N2O2. The molecule has 0 saturated heterocycles. The fourth-order valence-electron chi connectivity index (χ4n) is 1.71. The quantitative estimate of drug-likeness (QED) is 0.619. The summed E-state index contributed by atoms with van der Waals surface area (Å²) < 4.78 is 0. The third kappa shape index (κ3) is 1.69. The largest absolute Gasteiger partial charge is 0.355 e. The molecule has 0 unspecified atom stereocenters. The molecule has 0 radical (unpaired) electrons. The van der Waals surface area contributed by atoms with E-state index in [1.54, 1.807) is 6.08 Å². The lowest BCUT2D eigenvalue weighted by Gasteiger charge is -1.92. The molecule has 0 bridgehead atoms. The summed E-state index contributed by atoms with van der Waals surface area (Å²) in [6.45, 7) is 3.45. The number of aromatic amines is 1. The van der Waals surface area contributed by atoms with Crippen molar-refractivity contribution in [2.45, 2.75) is 13.8 Å². The third-order valence-electron chi connectivity index (χ3n) is 2.65. The Morgan fingerprint density at radius 3 is 2.75 bits per heavy atom. The minimum Gasteiger partial charge on any atom is -0.355 e. The Bertz CT molecular complexity index is 582. The van der Waals surface area contributed by atoms with E-state index in [0.29, 0.717) is 0 Å². The van der Waals surface area contributed by atoms with Crippen molar-refractivity contribution < 1.29 is 4.92 Å². The zero-order valence-electron chi connectivity index (χ0n) is 9.15. The van der Waals surface area contributed by atoms with Crippen molar-refractivity contribution in [3.63, 3.8) is 0 Å². The van der Waals surface area contributed by atoms with Crippen LogP contribution in [0.15, 0.2) is 30.0 Å². The Balaban J connectivity index is 2.58. The molecule has 0 aliphatic carbocycles. The summed E-state index contributed by atoms with van der Waals surface area (Å²) in [6, 6.07) is 7.85. The van der Waals surface area contributed by atoms with E-state index in [1.807, 2.05) is 31.2 Å². The van der Waals surface area contributed by atoms with E-state index in [9.17, 15) is 10.1 Å². The number of para-hydroxylation sites is 1. The van der Waals surface area contributed by atoms with Crippen LogP contribution in [-0.2, 0) is 0 Å². The van der Waals surface area contributed by atoms with Gasteiger partial charge in [0.05, 0.1) is 4.92 Å². The summed E-state index contributed by atoms with van der Waals surface area (Å²) >= 11 is 0.